The minimum absolute atomic E-state index is 0.0972. The van der Waals surface area contributed by atoms with E-state index in [1.807, 2.05) is 76.2 Å². The Labute approximate surface area is 197 Å². The van der Waals surface area contributed by atoms with Crippen molar-refractivity contribution in [3.8, 4) is 23.0 Å². The molecule has 1 saturated carbocycles. The van der Waals surface area contributed by atoms with Crippen molar-refractivity contribution in [2.24, 2.45) is 0 Å². The first-order valence-corrected chi connectivity index (χ1v) is 11.8. The maximum absolute atomic E-state index is 13.2. The highest BCUT2D eigenvalue weighted by atomic mass is 16.5. The predicted octanol–water partition coefficient (Wildman–Crippen LogP) is 6.50. The molecule has 0 N–H and O–H groups in total. The van der Waals surface area contributed by atoms with Crippen LogP contribution in [-0.4, -0.2) is 32.2 Å². The Morgan fingerprint density at radius 1 is 0.636 bits per heavy atom. The molecule has 0 heterocycles. The van der Waals surface area contributed by atoms with E-state index in [9.17, 15) is 4.79 Å². The molecule has 5 heteroatoms. The molecule has 33 heavy (non-hydrogen) atoms. The van der Waals surface area contributed by atoms with Crippen LogP contribution >= 0.6 is 0 Å². The lowest BCUT2D eigenvalue weighted by Crippen LogP contribution is -2.12. The fourth-order valence-electron chi connectivity index (χ4n) is 3.90. The van der Waals surface area contributed by atoms with E-state index in [1.165, 1.54) is 0 Å². The number of hydrogen-bond acceptors (Lipinski definition) is 5. The van der Waals surface area contributed by atoms with Crippen LogP contribution in [0.1, 0.15) is 58.1 Å². The maximum atomic E-state index is 13.2. The summed E-state index contributed by atoms with van der Waals surface area (Å²) in [7, 11) is 0. The van der Waals surface area contributed by atoms with Gasteiger partial charge in [-0.25, -0.2) is 0 Å². The molecule has 0 bridgehead atoms. The summed E-state index contributed by atoms with van der Waals surface area (Å²) in [6, 6.07) is 11.6. The largest absolute Gasteiger partial charge is 0.490 e. The number of hydrogen-bond donors (Lipinski definition) is 0. The van der Waals surface area contributed by atoms with Crippen molar-refractivity contribution in [1.29, 1.82) is 0 Å². The lowest BCUT2D eigenvalue weighted by molar-refractivity contribution is -0.112. The van der Waals surface area contributed by atoms with Crippen LogP contribution in [0.5, 0.6) is 23.0 Å². The average molecular weight is 451 g/mol. The second-order valence-electron chi connectivity index (χ2n) is 7.67. The van der Waals surface area contributed by atoms with Gasteiger partial charge in [0.2, 0.25) is 0 Å². The molecule has 2 aromatic rings. The smallest absolute Gasteiger partial charge is 0.185 e. The summed E-state index contributed by atoms with van der Waals surface area (Å²) in [5, 5.41) is 0. The van der Waals surface area contributed by atoms with Crippen LogP contribution in [0.2, 0.25) is 0 Å². The van der Waals surface area contributed by atoms with Gasteiger partial charge >= 0.3 is 0 Å². The summed E-state index contributed by atoms with van der Waals surface area (Å²) >= 11 is 0. The Bertz CT molecular complexity index is 939. The van der Waals surface area contributed by atoms with Crippen molar-refractivity contribution in [2.45, 2.75) is 47.0 Å². The SMILES string of the molecule is CCOc1ccc(C=C2CCCC(=Cc3ccc(OCC)c(OCC)c3)C2=O)cc1OCC. The zero-order chi connectivity index (χ0) is 23.6. The van der Waals surface area contributed by atoms with Gasteiger partial charge in [0.25, 0.3) is 0 Å². The summed E-state index contributed by atoms with van der Waals surface area (Å²) in [5.74, 6) is 2.94. The maximum Gasteiger partial charge on any atom is 0.185 e. The number of carbonyl (C=O) groups excluding carboxylic acids is 1. The van der Waals surface area contributed by atoms with E-state index < -0.39 is 0 Å². The number of allylic oxidation sites excluding steroid dienone is 2. The van der Waals surface area contributed by atoms with Crippen LogP contribution in [0.3, 0.4) is 0 Å². The third-order valence-electron chi connectivity index (χ3n) is 5.29. The molecule has 0 spiro atoms. The first-order valence-electron chi connectivity index (χ1n) is 11.8. The highest BCUT2D eigenvalue weighted by Crippen LogP contribution is 2.34. The highest BCUT2D eigenvalue weighted by Gasteiger charge is 2.21. The summed E-state index contributed by atoms with van der Waals surface area (Å²) in [4.78, 5) is 13.2. The van der Waals surface area contributed by atoms with Gasteiger partial charge in [0, 0.05) is 11.1 Å². The molecule has 0 radical (unpaired) electrons. The van der Waals surface area contributed by atoms with Gasteiger partial charge < -0.3 is 18.9 Å². The van der Waals surface area contributed by atoms with E-state index >= 15 is 0 Å². The van der Waals surface area contributed by atoms with Crippen molar-refractivity contribution in [2.75, 3.05) is 26.4 Å². The Kier molecular flexibility index (Phi) is 8.99. The van der Waals surface area contributed by atoms with Gasteiger partial charge in [0.1, 0.15) is 0 Å². The van der Waals surface area contributed by atoms with E-state index in [4.69, 9.17) is 18.9 Å². The van der Waals surface area contributed by atoms with Crippen LogP contribution in [0.15, 0.2) is 47.5 Å². The number of Topliss-reactive ketones (excluding diaryl/α,β-unsaturated/α-hetero) is 1. The molecule has 176 valence electrons. The molecule has 0 unspecified atom stereocenters. The third-order valence-corrected chi connectivity index (χ3v) is 5.29. The van der Waals surface area contributed by atoms with Crippen molar-refractivity contribution in [3.05, 3.63) is 58.7 Å². The quantitative estimate of drug-likeness (QED) is 0.387. The normalized spacial score (nSPS) is 16.2. The molecule has 0 atom stereocenters. The number of benzene rings is 2. The van der Waals surface area contributed by atoms with Crippen LogP contribution in [0.4, 0.5) is 0 Å². The van der Waals surface area contributed by atoms with Crippen LogP contribution < -0.4 is 18.9 Å². The van der Waals surface area contributed by atoms with Crippen molar-refractivity contribution in [3.63, 3.8) is 0 Å². The minimum Gasteiger partial charge on any atom is -0.490 e. The standard InChI is InChI=1S/C28H34O5/c1-5-30-24-14-12-20(18-26(24)32-7-3)16-22-10-9-11-23(28(22)29)17-21-13-15-25(31-6-2)27(19-21)33-8-4/h12-19H,5-11H2,1-4H3. The van der Waals surface area contributed by atoms with Crippen LogP contribution in [0, 0.1) is 0 Å². The van der Waals surface area contributed by atoms with Gasteiger partial charge in [0.05, 0.1) is 26.4 Å². The number of carbonyl (C=O) groups is 1. The molecule has 0 saturated heterocycles. The van der Waals surface area contributed by atoms with Gasteiger partial charge in [-0.3, -0.25) is 4.79 Å². The van der Waals surface area contributed by atoms with Gasteiger partial charge in [0.15, 0.2) is 28.8 Å². The fourth-order valence-corrected chi connectivity index (χ4v) is 3.90. The predicted molar refractivity (Wildman–Crippen MR) is 132 cm³/mol. The van der Waals surface area contributed by atoms with Crippen molar-refractivity contribution in [1.82, 2.24) is 0 Å². The van der Waals surface area contributed by atoms with Gasteiger partial charge in [-0.05, 0) is 94.5 Å². The molecule has 1 fully saturated rings. The molecule has 1 aliphatic carbocycles. The Morgan fingerprint density at radius 3 is 1.42 bits per heavy atom. The number of rotatable bonds is 10. The molecule has 0 amide bonds. The topological polar surface area (TPSA) is 54.0 Å². The summed E-state index contributed by atoms with van der Waals surface area (Å²) < 4.78 is 22.8. The summed E-state index contributed by atoms with van der Waals surface area (Å²) in [6.07, 6.45) is 6.41. The second kappa shape index (κ2) is 12.1. The lowest BCUT2D eigenvalue weighted by Gasteiger charge is -2.17. The van der Waals surface area contributed by atoms with Gasteiger partial charge in [-0.1, -0.05) is 12.1 Å². The Balaban J connectivity index is 1.86. The first-order chi connectivity index (χ1) is 16.1. The van der Waals surface area contributed by atoms with Crippen molar-refractivity contribution >= 4 is 17.9 Å². The molecule has 0 aliphatic heterocycles. The first kappa shape index (κ1) is 24.4. The third kappa shape index (κ3) is 6.41. The molecule has 1 aliphatic rings. The van der Waals surface area contributed by atoms with E-state index in [1.54, 1.807) is 0 Å². The van der Waals surface area contributed by atoms with E-state index in [2.05, 4.69) is 0 Å². The lowest BCUT2D eigenvalue weighted by atomic mass is 9.87. The zero-order valence-corrected chi connectivity index (χ0v) is 20.1. The average Bonchev–Trinajstić information content (AvgIpc) is 2.80. The molecule has 2 aromatic carbocycles. The molecule has 5 nitrogen and oxygen atoms in total. The summed E-state index contributed by atoms with van der Waals surface area (Å²) in [6.45, 7) is 10.0. The van der Waals surface area contributed by atoms with Gasteiger partial charge in [-0.15, -0.1) is 0 Å². The highest BCUT2D eigenvalue weighted by molar-refractivity contribution is 6.14. The second-order valence-corrected chi connectivity index (χ2v) is 7.67. The van der Waals surface area contributed by atoms with Crippen LogP contribution in [0.25, 0.3) is 12.2 Å². The molecule has 3 rings (SSSR count). The Hall–Kier alpha value is -3.21. The fraction of sp³-hybridized carbons (Fsp3) is 0.393. The van der Waals surface area contributed by atoms with E-state index in [0.29, 0.717) is 37.9 Å². The zero-order valence-electron chi connectivity index (χ0n) is 20.1. The Morgan fingerprint density at radius 2 is 1.03 bits per heavy atom. The van der Waals surface area contributed by atoms with E-state index in [0.717, 1.165) is 53.0 Å². The van der Waals surface area contributed by atoms with Crippen LogP contribution in [-0.2, 0) is 4.79 Å². The minimum atomic E-state index is 0.0972. The van der Waals surface area contributed by atoms with Crippen molar-refractivity contribution < 1.29 is 23.7 Å². The molecular formula is C28H34O5. The monoisotopic (exact) mass is 450 g/mol. The number of ether oxygens (including phenoxy) is 4. The molecule has 0 aromatic heterocycles. The van der Waals surface area contributed by atoms with E-state index in [-0.39, 0.29) is 5.78 Å². The summed E-state index contributed by atoms with van der Waals surface area (Å²) in [5.41, 5.74) is 3.50. The molecular weight excluding hydrogens is 416 g/mol. The van der Waals surface area contributed by atoms with Gasteiger partial charge in [-0.2, -0.15) is 0 Å². The number of ketones is 1.